The lowest BCUT2D eigenvalue weighted by molar-refractivity contribution is 0.355. The SMILES string of the molecule is COc1ccc(/C=N\n2cnc3scc(-c4cccs4)c3c2=O)cc1OC. The number of benzene rings is 1. The molecule has 4 rings (SSSR count). The summed E-state index contributed by atoms with van der Waals surface area (Å²) in [7, 11) is 3.15. The van der Waals surface area contributed by atoms with E-state index in [0.29, 0.717) is 21.7 Å². The fraction of sp³-hybridized carbons (Fsp3) is 0.105. The number of thiophene rings is 2. The molecule has 3 heterocycles. The van der Waals surface area contributed by atoms with Gasteiger partial charge in [0.05, 0.1) is 25.8 Å². The molecule has 0 aliphatic heterocycles. The second-order valence-electron chi connectivity index (χ2n) is 5.56. The van der Waals surface area contributed by atoms with Crippen LogP contribution in [0.4, 0.5) is 0 Å². The van der Waals surface area contributed by atoms with E-state index >= 15 is 0 Å². The lowest BCUT2D eigenvalue weighted by atomic mass is 10.2. The predicted molar refractivity (Wildman–Crippen MR) is 110 cm³/mol. The Kier molecular flexibility index (Phi) is 4.74. The van der Waals surface area contributed by atoms with Crippen LogP contribution in [0.25, 0.3) is 20.7 Å². The van der Waals surface area contributed by atoms with E-state index < -0.39 is 0 Å². The fourth-order valence-electron chi connectivity index (χ4n) is 2.68. The first kappa shape index (κ1) is 17.4. The molecule has 0 amide bonds. The molecule has 3 aromatic heterocycles. The number of methoxy groups -OCH3 is 2. The summed E-state index contributed by atoms with van der Waals surface area (Å²) >= 11 is 3.05. The molecule has 0 saturated heterocycles. The van der Waals surface area contributed by atoms with E-state index in [9.17, 15) is 4.79 Å². The fourth-order valence-corrected chi connectivity index (χ4v) is 4.40. The molecule has 0 fully saturated rings. The van der Waals surface area contributed by atoms with E-state index in [4.69, 9.17) is 9.47 Å². The number of aromatic nitrogens is 2. The van der Waals surface area contributed by atoms with Gasteiger partial charge >= 0.3 is 0 Å². The van der Waals surface area contributed by atoms with Crippen molar-refractivity contribution in [3.63, 3.8) is 0 Å². The Bertz CT molecular complexity index is 1180. The van der Waals surface area contributed by atoms with Crippen LogP contribution < -0.4 is 15.0 Å². The smallest absolute Gasteiger partial charge is 0.283 e. The van der Waals surface area contributed by atoms with E-state index in [2.05, 4.69) is 10.1 Å². The maximum atomic E-state index is 12.9. The Labute approximate surface area is 163 Å². The highest BCUT2D eigenvalue weighted by molar-refractivity contribution is 7.18. The van der Waals surface area contributed by atoms with Crippen molar-refractivity contribution in [2.45, 2.75) is 0 Å². The third kappa shape index (κ3) is 3.24. The molecular weight excluding hydrogens is 382 g/mol. The highest BCUT2D eigenvalue weighted by Gasteiger charge is 2.13. The summed E-state index contributed by atoms with van der Waals surface area (Å²) in [5.74, 6) is 1.23. The van der Waals surface area contributed by atoms with Gasteiger partial charge in [-0.15, -0.1) is 22.7 Å². The van der Waals surface area contributed by atoms with Crippen LogP contribution in [-0.2, 0) is 0 Å². The van der Waals surface area contributed by atoms with Gasteiger partial charge < -0.3 is 9.47 Å². The first-order valence-electron chi connectivity index (χ1n) is 8.00. The highest BCUT2D eigenvalue weighted by atomic mass is 32.1. The Morgan fingerprint density at radius 3 is 2.74 bits per heavy atom. The Morgan fingerprint density at radius 2 is 2.00 bits per heavy atom. The lowest BCUT2D eigenvalue weighted by Gasteiger charge is -2.07. The van der Waals surface area contributed by atoms with E-state index in [1.807, 2.05) is 29.0 Å². The van der Waals surface area contributed by atoms with Crippen molar-refractivity contribution < 1.29 is 9.47 Å². The second-order valence-corrected chi connectivity index (χ2v) is 7.37. The van der Waals surface area contributed by atoms with Gasteiger partial charge in [-0.05, 0) is 35.2 Å². The lowest BCUT2D eigenvalue weighted by Crippen LogP contribution is -2.16. The van der Waals surface area contributed by atoms with Crippen LogP contribution in [0, 0.1) is 0 Å². The predicted octanol–water partition coefficient (Wildman–Crippen LogP) is 4.09. The molecule has 136 valence electrons. The first-order valence-corrected chi connectivity index (χ1v) is 9.76. The maximum absolute atomic E-state index is 12.9. The molecule has 0 unspecified atom stereocenters. The molecule has 0 spiro atoms. The van der Waals surface area contributed by atoms with Crippen molar-refractivity contribution in [1.82, 2.24) is 9.66 Å². The standard InChI is InChI=1S/C19H15N3O3S2/c1-24-14-6-5-12(8-15(14)25-2)9-21-22-11-20-18-17(19(22)23)13(10-27-18)16-4-3-7-26-16/h3-11H,1-2H3/b21-9-. The molecule has 0 bridgehead atoms. The van der Waals surface area contributed by atoms with Gasteiger partial charge in [0.15, 0.2) is 11.5 Å². The number of hydrogen-bond donors (Lipinski definition) is 0. The van der Waals surface area contributed by atoms with Crippen LogP contribution in [0.15, 0.2) is 57.3 Å². The van der Waals surface area contributed by atoms with Gasteiger partial charge in [0.2, 0.25) is 0 Å². The van der Waals surface area contributed by atoms with Gasteiger partial charge in [0.1, 0.15) is 11.2 Å². The zero-order chi connectivity index (χ0) is 18.8. The third-order valence-corrected chi connectivity index (χ3v) is 5.79. The summed E-state index contributed by atoms with van der Waals surface area (Å²) < 4.78 is 11.8. The van der Waals surface area contributed by atoms with Crippen molar-refractivity contribution in [3.05, 3.63) is 63.3 Å². The third-order valence-electron chi connectivity index (χ3n) is 4.00. The second kappa shape index (κ2) is 7.34. The van der Waals surface area contributed by atoms with E-state index in [-0.39, 0.29) is 5.56 Å². The van der Waals surface area contributed by atoms with Gasteiger partial charge in [-0.1, -0.05) is 6.07 Å². The summed E-state index contributed by atoms with van der Waals surface area (Å²) in [5.41, 5.74) is 1.49. The monoisotopic (exact) mass is 397 g/mol. The van der Waals surface area contributed by atoms with Crippen molar-refractivity contribution in [2.75, 3.05) is 14.2 Å². The summed E-state index contributed by atoms with van der Waals surface area (Å²) in [6.45, 7) is 0. The minimum Gasteiger partial charge on any atom is -0.493 e. The number of hydrogen-bond acceptors (Lipinski definition) is 7. The molecule has 1 aromatic carbocycles. The normalized spacial score (nSPS) is 11.3. The van der Waals surface area contributed by atoms with E-state index in [0.717, 1.165) is 16.0 Å². The Balaban J connectivity index is 1.74. The largest absolute Gasteiger partial charge is 0.493 e. The van der Waals surface area contributed by atoms with Gasteiger partial charge in [0, 0.05) is 15.8 Å². The van der Waals surface area contributed by atoms with Gasteiger partial charge in [-0.25, -0.2) is 4.98 Å². The molecule has 0 saturated carbocycles. The topological polar surface area (TPSA) is 65.7 Å². The summed E-state index contributed by atoms with van der Waals surface area (Å²) in [6, 6.07) is 9.38. The molecule has 27 heavy (non-hydrogen) atoms. The maximum Gasteiger partial charge on any atom is 0.283 e. The number of fused-ring (bicyclic) bond motifs is 1. The van der Waals surface area contributed by atoms with Crippen LogP contribution in [0.1, 0.15) is 5.56 Å². The number of nitrogens with zero attached hydrogens (tertiary/aromatic N) is 3. The summed E-state index contributed by atoms with van der Waals surface area (Å²) in [5, 5.41) is 8.83. The zero-order valence-corrected chi connectivity index (χ0v) is 16.2. The average molecular weight is 397 g/mol. The van der Waals surface area contributed by atoms with Crippen molar-refractivity contribution >= 4 is 39.1 Å². The quantitative estimate of drug-likeness (QED) is 0.476. The summed E-state index contributed by atoms with van der Waals surface area (Å²) in [6.07, 6.45) is 3.03. The molecular formula is C19H15N3O3S2. The first-order chi connectivity index (χ1) is 13.2. The minimum atomic E-state index is -0.193. The zero-order valence-electron chi connectivity index (χ0n) is 14.6. The number of rotatable bonds is 5. The van der Waals surface area contributed by atoms with Crippen LogP contribution >= 0.6 is 22.7 Å². The summed E-state index contributed by atoms with van der Waals surface area (Å²) in [4.78, 5) is 19.1. The molecule has 8 heteroatoms. The molecule has 0 atom stereocenters. The Hall–Kier alpha value is -2.97. The van der Waals surface area contributed by atoms with Crippen molar-refractivity contribution in [2.24, 2.45) is 5.10 Å². The molecule has 0 radical (unpaired) electrons. The molecule has 0 aliphatic carbocycles. The van der Waals surface area contributed by atoms with Gasteiger partial charge in [-0.3, -0.25) is 4.79 Å². The average Bonchev–Trinajstić information content (AvgIpc) is 3.37. The van der Waals surface area contributed by atoms with Crippen molar-refractivity contribution in [3.8, 4) is 21.9 Å². The molecule has 4 aromatic rings. The minimum absolute atomic E-state index is 0.193. The van der Waals surface area contributed by atoms with E-state index in [1.54, 1.807) is 43.9 Å². The highest BCUT2D eigenvalue weighted by Crippen LogP contribution is 2.33. The van der Waals surface area contributed by atoms with Crippen LogP contribution in [0.2, 0.25) is 0 Å². The molecule has 6 nitrogen and oxygen atoms in total. The molecule has 0 aliphatic rings. The van der Waals surface area contributed by atoms with Crippen molar-refractivity contribution in [1.29, 1.82) is 0 Å². The number of ether oxygens (including phenoxy) is 2. The Morgan fingerprint density at radius 1 is 1.15 bits per heavy atom. The van der Waals surface area contributed by atoms with Crippen LogP contribution in [-0.4, -0.2) is 30.1 Å². The molecule has 0 N–H and O–H groups in total. The van der Waals surface area contributed by atoms with Gasteiger partial charge in [-0.2, -0.15) is 9.78 Å². The van der Waals surface area contributed by atoms with Crippen LogP contribution in [0.5, 0.6) is 11.5 Å². The van der Waals surface area contributed by atoms with E-state index in [1.165, 1.54) is 22.3 Å². The van der Waals surface area contributed by atoms with Gasteiger partial charge in [0.25, 0.3) is 5.56 Å². The van der Waals surface area contributed by atoms with Crippen LogP contribution in [0.3, 0.4) is 0 Å².